The number of benzene rings is 1. The highest BCUT2D eigenvalue weighted by Crippen LogP contribution is 2.22. The van der Waals surface area contributed by atoms with Gasteiger partial charge < -0.3 is 4.90 Å². The van der Waals surface area contributed by atoms with E-state index in [1.807, 2.05) is 43.7 Å². The second-order valence-electron chi connectivity index (χ2n) is 6.29. The Morgan fingerprint density at radius 2 is 1.96 bits per heavy atom. The Labute approximate surface area is 147 Å². The molecule has 2 aromatic rings. The molecule has 0 spiro atoms. The predicted molar refractivity (Wildman–Crippen MR) is 98.8 cm³/mol. The van der Waals surface area contributed by atoms with E-state index in [9.17, 15) is 9.59 Å². The van der Waals surface area contributed by atoms with Gasteiger partial charge in [0.05, 0.1) is 5.69 Å². The highest BCUT2D eigenvalue weighted by Gasteiger charge is 2.21. The van der Waals surface area contributed by atoms with E-state index in [-0.39, 0.29) is 11.7 Å². The fourth-order valence-corrected chi connectivity index (χ4v) is 3.24. The SMILES string of the molecule is CCn1nc(C)c(/C=C/C(=O)c2ccc(N3CCCC3=O)cc2)c1C. The Morgan fingerprint density at radius 3 is 2.52 bits per heavy atom. The third-order valence-electron chi connectivity index (χ3n) is 4.68. The molecule has 25 heavy (non-hydrogen) atoms. The number of amides is 1. The molecule has 0 aliphatic carbocycles. The molecule has 0 N–H and O–H groups in total. The molecule has 1 fully saturated rings. The van der Waals surface area contributed by atoms with Crippen LogP contribution in [0, 0.1) is 13.8 Å². The lowest BCUT2D eigenvalue weighted by molar-refractivity contribution is -0.117. The topological polar surface area (TPSA) is 55.2 Å². The molecule has 1 amide bonds. The second-order valence-corrected chi connectivity index (χ2v) is 6.29. The van der Waals surface area contributed by atoms with E-state index in [1.54, 1.807) is 23.1 Å². The van der Waals surface area contributed by atoms with Crippen molar-refractivity contribution in [2.24, 2.45) is 0 Å². The first kappa shape index (κ1) is 17.1. The molecule has 1 saturated heterocycles. The number of hydrogen-bond donors (Lipinski definition) is 0. The van der Waals surface area contributed by atoms with Crippen LogP contribution in [0.3, 0.4) is 0 Å². The molecule has 0 bridgehead atoms. The number of carbonyl (C=O) groups excluding carboxylic acids is 2. The van der Waals surface area contributed by atoms with Gasteiger partial charge in [0.2, 0.25) is 5.91 Å². The maximum Gasteiger partial charge on any atom is 0.227 e. The summed E-state index contributed by atoms with van der Waals surface area (Å²) in [6, 6.07) is 7.25. The first-order valence-corrected chi connectivity index (χ1v) is 8.68. The first-order valence-electron chi connectivity index (χ1n) is 8.68. The van der Waals surface area contributed by atoms with Gasteiger partial charge >= 0.3 is 0 Å². The highest BCUT2D eigenvalue weighted by atomic mass is 16.2. The Bertz CT molecular complexity index is 831. The van der Waals surface area contributed by atoms with Crippen LogP contribution >= 0.6 is 0 Å². The van der Waals surface area contributed by atoms with Crippen LogP contribution in [0.25, 0.3) is 6.08 Å². The molecule has 3 rings (SSSR count). The van der Waals surface area contributed by atoms with Crippen LogP contribution in [0.15, 0.2) is 30.3 Å². The molecule has 2 heterocycles. The Morgan fingerprint density at radius 1 is 1.24 bits per heavy atom. The molecular weight excluding hydrogens is 314 g/mol. The standard InChI is InChI=1S/C20H23N3O2/c1-4-23-15(3)18(14(2)21-23)11-12-19(24)16-7-9-17(10-8-16)22-13-5-6-20(22)25/h7-12H,4-6,13H2,1-3H3/b12-11+. The summed E-state index contributed by atoms with van der Waals surface area (Å²) < 4.78 is 1.93. The third kappa shape index (κ3) is 3.40. The van der Waals surface area contributed by atoms with Crippen LogP contribution in [0.4, 0.5) is 5.69 Å². The molecule has 1 aromatic carbocycles. The number of aryl methyl sites for hydroxylation is 2. The molecule has 0 saturated carbocycles. The number of anilines is 1. The van der Waals surface area contributed by atoms with E-state index in [0.29, 0.717) is 12.0 Å². The highest BCUT2D eigenvalue weighted by molar-refractivity contribution is 6.07. The summed E-state index contributed by atoms with van der Waals surface area (Å²) in [5, 5.41) is 4.46. The van der Waals surface area contributed by atoms with Gasteiger partial charge in [-0.3, -0.25) is 14.3 Å². The second kappa shape index (κ2) is 7.05. The van der Waals surface area contributed by atoms with Crippen molar-refractivity contribution in [2.45, 2.75) is 40.2 Å². The summed E-state index contributed by atoms with van der Waals surface area (Å²) in [6.07, 6.45) is 4.93. The molecule has 1 aromatic heterocycles. The lowest BCUT2D eigenvalue weighted by Crippen LogP contribution is -2.23. The average molecular weight is 337 g/mol. The molecule has 1 aliphatic heterocycles. The van der Waals surface area contributed by atoms with Crippen LogP contribution in [0.2, 0.25) is 0 Å². The lowest BCUT2D eigenvalue weighted by Gasteiger charge is -2.15. The molecule has 0 radical (unpaired) electrons. The quantitative estimate of drug-likeness (QED) is 0.619. The minimum Gasteiger partial charge on any atom is -0.312 e. The van der Waals surface area contributed by atoms with Gasteiger partial charge in [-0.25, -0.2) is 0 Å². The number of nitrogens with zero attached hydrogens (tertiary/aromatic N) is 3. The van der Waals surface area contributed by atoms with Gasteiger partial charge in [0.15, 0.2) is 5.78 Å². The Hall–Kier alpha value is -2.69. The molecule has 0 atom stereocenters. The van der Waals surface area contributed by atoms with Crippen LogP contribution in [-0.4, -0.2) is 28.0 Å². The van der Waals surface area contributed by atoms with Gasteiger partial charge in [0.1, 0.15) is 0 Å². The molecule has 130 valence electrons. The first-order chi connectivity index (χ1) is 12.0. The van der Waals surface area contributed by atoms with Gasteiger partial charge in [-0.2, -0.15) is 5.10 Å². The monoisotopic (exact) mass is 337 g/mol. The minimum atomic E-state index is -0.0534. The van der Waals surface area contributed by atoms with Crippen molar-refractivity contribution < 1.29 is 9.59 Å². The fraction of sp³-hybridized carbons (Fsp3) is 0.350. The van der Waals surface area contributed by atoms with Crippen LogP contribution in [0.1, 0.15) is 47.1 Å². The number of rotatable bonds is 5. The van der Waals surface area contributed by atoms with Gasteiger partial charge in [0, 0.05) is 42.0 Å². The van der Waals surface area contributed by atoms with Crippen LogP contribution in [0.5, 0.6) is 0 Å². The van der Waals surface area contributed by atoms with E-state index < -0.39 is 0 Å². The van der Waals surface area contributed by atoms with E-state index in [1.165, 1.54) is 0 Å². The Kier molecular flexibility index (Phi) is 4.83. The molecule has 5 heteroatoms. The van der Waals surface area contributed by atoms with Gasteiger partial charge in [-0.15, -0.1) is 0 Å². The van der Waals surface area contributed by atoms with Crippen molar-refractivity contribution in [3.63, 3.8) is 0 Å². The lowest BCUT2D eigenvalue weighted by atomic mass is 10.1. The summed E-state index contributed by atoms with van der Waals surface area (Å²) in [4.78, 5) is 26.0. The van der Waals surface area contributed by atoms with Crippen molar-refractivity contribution >= 4 is 23.5 Å². The number of aromatic nitrogens is 2. The summed E-state index contributed by atoms with van der Waals surface area (Å²) in [7, 11) is 0. The van der Waals surface area contributed by atoms with Crippen LogP contribution < -0.4 is 4.90 Å². The molecule has 0 unspecified atom stereocenters. The van der Waals surface area contributed by atoms with Crippen molar-refractivity contribution in [3.05, 3.63) is 52.9 Å². The van der Waals surface area contributed by atoms with E-state index in [4.69, 9.17) is 0 Å². The van der Waals surface area contributed by atoms with Crippen molar-refractivity contribution in [2.75, 3.05) is 11.4 Å². The van der Waals surface area contributed by atoms with Gasteiger partial charge in [-0.05, 0) is 63.6 Å². The zero-order chi connectivity index (χ0) is 18.0. The number of hydrogen-bond acceptors (Lipinski definition) is 3. The van der Waals surface area contributed by atoms with Gasteiger partial charge in [-0.1, -0.05) is 0 Å². The maximum absolute atomic E-state index is 12.4. The molecule has 5 nitrogen and oxygen atoms in total. The van der Waals surface area contributed by atoms with Crippen LogP contribution in [-0.2, 0) is 11.3 Å². The summed E-state index contributed by atoms with van der Waals surface area (Å²) in [5.74, 6) is 0.0974. The number of allylic oxidation sites excluding steroid dienone is 1. The average Bonchev–Trinajstić information content (AvgIpc) is 3.16. The normalized spacial score (nSPS) is 14.7. The predicted octanol–water partition coefficient (Wildman–Crippen LogP) is 3.54. The maximum atomic E-state index is 12.4. The third-order valence-corrected chi connectivity index (χ3v) is 4.68. The van der Waals surface area contributed by atoms with Crippen molar-refractivity contribution in [1.29, 1.82) is 0 Å². The molecular formula is C20H23N3O2. The Balaban J connectivity index is 1.75. The van der Waals surface area contributed by atoms with Crippen molar-refractivity contribution in [3.8, 4) is 0 Å². The largest absolute Gasteiger partial charge is 0.312 e. The van der Waals surface area contributed by atoms with E-state index in [2.05, 4.69) is 5.10 Å². The summed E-state index contributed by atoms with van der Waals surface area (Å²) in [6.45, 7) is 7.57. The zero-order valence-corrected chi connectivity index (χ0v) is 15.0. The summed E-state index contributed by atoms with van der Waals surface area (Å²) in [5.41, 5.74) is 4.46. The fourth-order valence-electron chi connectivity index (χ4n) is 3.24. The van der Waals surface area contributed by atoms with E-state index >= 15 is 0 Å². The smallest absolute Gasteiger partial charge is 0.227 e. The van der Waals surface area contributed by atoms with E-state index in [0.717, 1.165) is 42.1 Å². The minimum absolute atomic E-state index is 0.0534. The number of carbonyl (C=O) groups is 2. The molecule has 1 aliphatic rings. The summed E-state index contributed by atoms with van der Waals surface area (Å²) >= 11 is 0. The number of ketones is 1. The zero-order valence-electron chi connectivity index (χ0n) is 15.0. The van der Waals surface area contributed by atoms with Crippen molar-refractivity contribution in [1.82, 2.24) is 9.78 Å². The van der Waals surface area contributed by atoms with Gasteiger partial charge in [0.25, 0.3) is 0 Å².